The highest BCUT2D eigenvalue weighted by Gasteiger charge is 2.46. The average molecular weight is 436 g/mol. The molecule has 32 heavy (non-hydrogen) atoms. The molecule has 5 nitrogen and oxygen atoms in total. The number of hydrogen-bond acceptors (Lipinski definition) is 2. The number of H-pyrrole nitrogens is 1. The van der Waals surface area contributed by atoms with Crippen molar-refractivity contribution in [3.63, 3.8) is 0 Å². The fourth-order valence-electron chi connectivity index (χ4n) is 5.41. The lowest BCUT2D eigenvalue weighted by molar-refractivity contribution is 0.0644. The van der Waals surface area contributed by atoms with Crippen molar-refractivity contribution in [2.24, 2.45) is 7.05 Å². The summed E-state index contributed by atoms with van der Waals surface area (Å²) in [6.07, 6.45) is 3.94. The quantitative estimate of drug-likeness (QED) is 0.455. The van der Waals surface area contributed by atoms with Gasteiger partial charge in [-0.05, 0) is 43.5 Å². The number of fused-ring (bicyclic) bond motifs is 5. The van der Waals surface area contributed by atoms with E-state index in [4.69, 9.17) is 0 Å². The highest BCUT2D eigenvalue weighted by atomic mass is 19.2. The van der Waals surface area contributed by atoms with Crippen LogP contribution in [0.5, 0.6) is 0 Å². The van der Waals surface area contributed by atoms with E-state index in [1.54, 1.807) is 11.7 Å². The van der Waals surface area contributed by atoms with Crippen LogP contribution in [0, 0.1) is 17.5 Å². The maximum atomic E-state index is 13.9. The van der Waals surface area contributed by atoms with Gasteiger partial charge in [-0.3, -0.25) is 9.48 Å². The van der Waals surface area contributed by atoms with E-state index < -0.39 is 17.5 Å². The summed E-state index contributed by atoms with van der Waals surface area (Å²) in [7, 11) is 1.70. The van der Waals surface area contributed by atoms with E-state index in [2.05, 4.69) is 10.1 Å². The lowest BCUT2D eigenvalue weighted by Gasteiger charge is -2.34. The van der Waals surface area contributed by atoms with Gasteiger partial charge < -0.3 is 9.88 Å². The smallest absolute Gasteiger partial charge is 0.256 e. The number of benzene rings is 2. The van der Waals surface area contributed by atoms with Gasteiger partial charge >= 0.3 is 0 Å². The molecule has 1 saturated heterocycles. The molecule has 6 rings (SSSR count). The number of aryl methyl sites for hydroxylation is 1. The summed E-state index contributed by atoms with van der Waals surface area (Å²) < 4.78 is 42.9. The van der Waals surface area contributed by atoms with Crippen LogP contribution in [0.3, 0.4) is 0 Å². The number of carbonyl (C=O) groups is 1. The van der Waals surface area contributed by atoms with Crippen LogP contribution in [-0.2, 0) is 13.5 Å². The molecule has 2 aromatic heterocycles. The van der Waals surface area contributed by atoms with Gasteiger partial charge in [0, 0.05) is 35.8 Å². The monoisotopic (exact) mass is 436 g/mol. The Kier molecular flexibility index (Phi) is 4.02. The molecule has 2 atom stereocenters. The van der Waals surface area contributed by atoms with Gasteiger partial charge in [-0.15, -0.1) is 0 Å². The normalized spacial score (nSPS) is 19.6. The molecule has 4 heterocycles. The van der Waals surface area contributed by atoms with Crippen molar-refractivity contribution in [1.29, 1.82) is 0 Å². The Hall–Kier alpha value is -3.55. The Bertz CT molecular complexity index is 1380. The summed E-state index contributed by atoms with van der Waals surface area (Å²) in [6.45, 7) is 0. The number of para-hydroxylation sites is 1. The van der Waals surface area contributed by atoms with Gasteiger partial charge in [-0.2, -0.15) is 5.10 Å². The van der Waals surface area contributed by atoms with E-state index in [0.29, 0.717) is 17.7 Å². The summed E-state index contributed by atoms with van der Waals surface area (Å²) in [6, 6.07) is 9.34. The van der Waals surface area contributed by atoms with Gasteiger partial charge in [-0.25, -0.2) is 13.2 Å². The van der Waals surface area contributed by atoms with E-state index in [9.17, 15) is 18.0 Å². The molecule has 0 radical (unpaired) electrons. The number of nitrogens with zero attached hydrogens (tertiary/aromatic N) is 3. The van der Waals surface area contributed by atoms with Gasteiger partial charge in [0.1, 0.15) is 0 Å². The lowest BCUT2D eigenvalue weighted by atomic mass is 9.94. The van der Waals surface area contributed by atoms with Crippen LogP contribution >= 0.6 is 0 Å². The molecule has 2 aliphatic heterocycles. The van der Waals surface area contributed by atoms with Crippen molar-refractivity contribution in [1.82, 2.24) is 19.7 Å². The van der Waals surface area contributed by atoms with E-state index in [1.165, 1.54) is 0 Å². The molecule has 0 saturated carbocycles. The molecule has 2 aliphatic rings. The van der Waals surface area contributed by atoms with Crippen molar-refractivity contribution in [3.8, 4) is 11.3 Å². The van der Waals surface area contributed by atoms with Crippen molar-refractivity contribution < 1.29 is 18.0 Å². The van der Waals surface area contributed by atoms with Crippen LogP contribution < -0.4 is 0 Å². The molecule has 8 heteroatoms. The van der Waals surface area contributed by atoms with Gasteiger partial charge in [0.05, 0.1) is 28.5 Å². The first-order valence-corrected chi connectivity index (χ1v) is 10.5. The fourth-order valence-corrected chi connectivity index (χ4v) is 5.41. The van der Waals surface area contributed by atoms with E-state index in [0.717, 1.165) is 47.1 Å². The standard InChI is InChI=1S/C24H19F3N4O/c1-30-23(13-9-17(25)20(27)18(26)10-13)16-11-14-5-6-19(22(16)29-30)31(14)24(32)15-4-2-3-12-7-8-28-21(12)15/h2-4,7-10,14,19,28H,5-6,11H2,1H3. The Labute approximate surface area is 181 Å². The Morgan fingerprint density at radius 2 is 1.91 bits per heavy atom. The summed E-state index contributed by atoms with van der Waals surface area (Å²) in [5.41, 5.74) is 3.84. The van der Waals surface area contributed by atoms with E-state index >= 15 is 0 Å². The minimum Gasteiger partial charge on any atom is -0.361 e. The Morgan fingerprint density at radius 3 is 2.69 bits per heavy atom. The number of rotatable bonds is 2. The largest absolute Gasteiger partial charge is 0.361 e. The third-order valence-corrected chi connectivity index (χ3v) is 6.74. The van der Waals surface area contributed by atoms with Crippen LogP contribution in [0.1, 0.15) is 40.5 Å². The van der Waals surface area contributed by atoms with Gasteiger partial charge in [0.25, 0.3) is 5.91 Å². The summed E-state index contributed by atoms with van der Waals surface area (Å²) in [4.78, 5) is 18.7. The number of halogens is 3. The molecule has 2 unspecified atom stereocenters. The molecule has 162 valence electrons. The third kappa shape index (κ3) is 2.58. The first-order valence-electron chi connectivity index (χ1n) is 10.5. The molecular weight excluding hydrogens is 417 g/mol. The number of carbonyl (C=O) groups excluding carboxylic acids is 1. The predicted molar refractivity (Wildman–Crippen MR) is 112 cm³/mol. The molecule has 4 aromatic rings. The highest BCUT2D eigenvalue weighted by Crippen LogP contribution is 2.47. The SMILES string of the molecule is Cn1nc2c(c1-c1cc(F)c(F)c(F)c1)CC1CCC2N1C(=O)c1cccc2cc[nH]c12. The summed E-state index contributed by atoms with van der Waals surface area (Å²) in [5.74, 6) is -4.00. The maximum Gasteiger partial charge on any atom is 0.256 e. The van der Waals surface area contributed by atoms with Crippen LogP contribution in [0.15, 0.2) is 42.6 Å². The second-order valence-corrected chi connectivity index (χ2v) is 8.50. The van der Waals surface area contributed by atoms with E-state index in [1.807, 2.05) is 35.4 Å². The third-order valence-electron chi connectivity index (χ3n) is 6.74. The van der Waals surface area contributed by atoms with Crippen molar-refractivity contribution in [2.45, 2.75) is 31.3 Å². The molecule has 1 N–H and O–H groups in total. The fraction of sp³-hybridized carbons (Fsp3) is 0.250. The van der Waals surface area contributed by atoms with Gasteiger partial charge in [-0.1, -0.05) is 12.1 Å². The van der Waals surface area contributed by atoms with Crippen molar-refractivity contribution in [2.75, 3.05) is 0 Å². The first kappa shape index (κ1) is 19.2. The highest BCUT2D eigenvalue weighted by molar-refractivity contribution is 6.06. The number of amides is 1. The van der Waals surface area contributed by atoms with Crippen molar-refractivity contribution >= 4 is 16.8 Å². The molecular formula is C24H19F3N4O. The van der Waals surface area contributed by atoms with Gasteiger partial charge in [0.2, 0.25) is 0 Å². The molecule has 1 amide bonds. The zero-order valence-electron chi connectivity index (χ0n) is 17.2. The second-order valence-electron chi connectivity index (χ2n) is 8.50. The number of hydrogen-bond donors (Lipinski definition) is 1. The number of aromatic nitrogens is 3. The molecule has 2 bridgehead atoms. The van der Waals surface area contributed by atoms with Crippen LogP contribution in [0.2, 0.25) is 0 Å². The van der Waals surface area contributed by atoms with Gasteiger partial charge in [0.15, 0.2) is 17.5 Å². The number of aromatic amines is 1. The first-order chi connectivity index (χ1) is 15.4. The van der Waals surface area contributed by atoms with Crippen LogP contribution in [0.4, 0.5) is 13.2 Å². The Balaban J connectivity index is 1.44. The molecule has 0 spiro atoms. The molecule has 1 fully saturated rings. The minimum absolute atomic E-state index is 0.0386. The van der Waals surface area contributed by atoms with Crippen molar-refractivity contribution in [3.05, 3.63) is 76.9 Å². The lowest BCUT2D eigenvalue weighted by Crippen LogP contribution is -2.42. The van der Waals surface area contributed by atoms with Crippen LogP contribution in [-0.4, -0.2) is 31.6 Å². The predicted octanol–water partition coefficient (Wildman–Crippen LogP) is 4.89. The molecule has 2 aromatic carbocycles. The zero-order chi connectivity index (χ0) is 22.1. The summed E-state index contributed by atoms with van der Waals surface area (Å²) in [5, 5.41) is 5.62. The van der Waals surface area contributed by atoms with Crippen LogP contribution in [0.25, 0.3) is 22.2 Å². The molecule has 0 aliphatic carbocycles. The zero-order valence-corrected chi connectivity index (χ0v) is 17.2. The average Bonchev–Trinajstić information content (AvgIpc) is 3.46. The Morgan fingerprint density at radius 1 is 1.12 bits per heavy atom. The second kappa shape index (κ2) is 6.72. The topological polar surface area (TPSA) is 53.9 Å². The number of nitrogens with one attached hydrogen (secondary N) is 1. The summed E-state index contributed by atoms with van der Waals surface area (Å²) >= 11 is 0. The van der Waals surface area contributed by atoms with E-state index in [-0.39, 0.29) is 23.6 Å². The minimum atomic E-state index is -1.49. The maximum absolute atomic E-state index is 13.9.